The van der Waals surface area contributed by atoms with Gasteiger partial charge in [-0.2, -0.15) is 0 Å². The highest BCUT2D eigenvalue weighted by atomic mass is 35.5. The second kappa shape index (κ2) is 4.06. The van der Waals surface area contributed by atoms with E-state index in [4.69, 9.17) is 11.6 Å². The standard InChI is InChI=1S/C9H11ClOS/c1-6(2)12-9-4-3-7(10)5-8(9)11/h3-6,11H,1-2H3. The minimum atomic E-state index is 0.265. The average molecular weight is 203 g/mol. The summed E-state index contributed by atoms with van der Waals surface area (Å²) in [5.41, 5.74) is 0. The molecule has 0 aliphatic rings. The predicted octanol–water partition coefficient (Wildman–Crippen LogP) is 3.55. The van der Waals surface area contributed by atoms with E-state index >= 15 is 0 Å². The van der Waals surface area contributed by atoms with Crippen LogP contribution in [0.25, 0.3) is 0 Å². The van der Waals surface area contributed by atoms with E-state index in [1.807, 2.05) is 6.07 Å². The predicted molar refractivity (Wildman–Crippen MR) is 54.1 cm³/mol. The van der Waals surface area contributed by atoms with E-state index < -0.39 is 0 Å². The second-order valence-corrected chi connectivity index (χ2v) is 4.83. The van der Waals surface area contributed by atoms with Crippen molar-refractivity contribution < 1.29 is 5.11 Å². The molecule has 0 heterocycles. The summed E-state index contributed by atoms with van der Waals surface area (Å²) in [6.07, 6.45) is 0. The van der Waals surface area contributed by atoms with Gasteiger partial charge in [-0.1, -0.05) is 25.4 Å². The molecule has 0 saturated heterocycles. The van der Waals surface area contributed by atoms with E-state index in [1.54, 1.807) is 23.9 Å². The van der Waals surface area contributed by atoms with Gasteiger partial charge in [-0.15, -0.1) is 11.8 Å². The molecule has 0 aliphatic carbocycles. The number of hydrogen-bond acceptors (Lipinski definition) is 2. The zero-order valence-corrected chi connectivity index (χ0v) is 8.62. The molecule has 3 heteroatoms. The number of benzene rings is 1. The van der Waals surface area contributed by atoms with Crippen LogP contribution in [0.5, 0.6) is 5.75 Å². The van der Waals surface area contributed by atoms with Gasteiger partial charge in [0.05, 0.1) is 0 Å². The molecule has 0 fully saturated rings. The van der Waals surface area contributed by atoms with Crippen LogP contribution < -0.4 is 0 Å². The number of phenolic OH excluding ortho intramolecular Hbond substituents is 1. The molecule has 0 atom stereocenters. The van der Waals surface area contributed by atoms with Gasteiger partial charge >= 0.3 is 0 Å². The Balaban J connectivity index is 2.86. The first kappa shape index (κ1) is 9.75. The Kier molecular flexibility index (Phi) is 3.29. The molecule has 0 saturated carbocycles. The lowest BCUT2D eigenvalue weighted by Gasteiger charge is -2.06. The molecule has 1 aromatic carbocycles. The Morgan fingerprint density at radius 3 is 2.58 bits per heavy atom. The smallest absolute Gasteiger partial charge is 0.130 e. The summed E-state index contributed by atoms with van der Waals surface area (Å²) in [6.45, 7) is 4.16. The molecule has 1 rings (SSSR count). The van der Waals surface area contributed by atoms with Crippen molar-refractivity contribution in [2.24, 2.45) is 0 Å². The monoisotopic (exact) mass is 202 g/mol. The minimum Gasteiger partial charge on any atom is -0.507 e. The fraction of sp³-hybridized carbons (Fsp3) is 0.333. The van der Waals surface area contributed by atoms with Gasteiger partial charge in [0.1, 0.15) is 5.75 Å². The van der Waals surface area contributed by atoms with Crippen molar-refractivity contribution in [1.29, 1.82) is 0 Å². The van der Waals surface area contributed by atoms with Gasteiger partial charge in [-0.3, -0.25) is 0 Å². The molecule has 0 aromatic heterocycles. The van der Waals surface area contributed by atoms with Gasteiger partial charge in [-0.25, -0.2) is 0 Å². The largest absolute Gasteiger partial charge is 0.507 e. The topological polar surface area (TPSA) is 20.2 Å². The van der Waals surface area contributed by atoms with Gasteiger partial charge in [0.2, 0.25) is 0 Å². The molecule has 0 aliphatic heterocycles. The summed E-state index contributed by atoms with van der Waals surface area (Å²) in [6, 6.07) is 5.18. The number of rotatable bonds is 2. The van der Waals surface area contributed by atoms with Crippen LogP contribution in [-0.4, -0.2) is 10.4 Å². The molecule has 0 radical (unpaired) electrons. The van der Waals surface area contributed by atoms with Crippen LogP contribution in [0.4, 0.5) is 0 Å². The molecule has 1 aromatic rings. The summed E-state index contributed by atoms with van der Waals surface area (Å²) in [7, 11) is 0. The van der Waals surface area contributed by atoms with E-state index in [-0.39, 0.29) is 5.75 Å². The Morgan fingerprint density at radius 1 is 1.42 bits per heavy atom. The fourth-order valence-corrected chi connectivity index (χ4v) is 1.84. The maximum atomic E-state index is 9.43. The number of phenols is 1. The molecule has 1 N–H and O–H groups in total. The summed E-state index contributed by atoms with van der Waals surface area (Å²) in [5.74, 6) is 0.265. The molecule has 0 bridgehead atoms. The summed E-state index contributed by atoms with van der Waals surface area (Å²) in [4.78, 5) is 0.884. The van der Waals surface area contributed by atoms with Crippen LogP contribution in [0, 0.1) is 0 Å². The number of aromatic hydroxyl groups is 1. The summed E-state index contributed by atoms with van der Waals surface area (Å²) < 4.78 is 0. The van der Waals surface area contributed by atoms with Crippen LogP contribution in [0.15, 0.2) is 23.1 Å². The highest BCUT2D eigenvalue weighted by molar-refractivity contribution is 8.00. The van der Waals surface area contributed by atoms with E-state index in [0.29, 0.717) is 10.3 Å². The molecule has 66 valence electrons. The molecule has 12 heavy (non-hydrogen) atoms. The van der Waals surface area contributed by atoms with Crippen molar-refractivity contribution in [3.05, 3.63) is 23.2 Å². The quantitative estimate of drug-likeness (QED) is 0.741. The Labute approximate surface area is 81.7 Å². The van der Waals surface area contributed by atoms with Gasteiger partial charge in [-0.05, 0) is 18.2 Å². The second-order valence-electron chi connectivity index (χ2n) is 2.78. The number of thioether (sulfide) groups is 1. The van der Waals surface area contributed by atoms with Crippen LogP contribution >= 0.6 is 23.4 Å². The third kappa shape index (κ3) is 2.61. The maximum absolute atomic E-state index is 9.43. The van der Waals surface area contributed by atoms with Crippen LogP contribution in [0.1, 0.15) is 13.8 Å². The lowest BCUT2D eigenvalue weighted by Crippen LogP contribution is -1.85. The van der Waals surface area contributed by atoms with Gasteiger partial charge in [0, 0.05) is 15.2 Å². The van der Waals surface area contributed by atoms with Crippen molar-refractivity contribution in [1.82, 2.24) is 0 Å². The minimum absolute atomic E-state index is 0.265. The number of halogens is 1. The molecule has 0 spiro atoms. The molecule has 0 unspecified atom stereocenters. The first-order valence-corrected chi connectivity index (χ1v) is 5.00. The Morgan fingerprint density at radius 2 is 2.08 bits per heavy atom. The molecular weight excluding hydrogens is 192 g/mol. The third-order valence-electron chi connectivity index (χ3n) is 1.28. The lowest BCUT2D eigenvalue weighted by atomic mass is 10.3. The molecular formula is C9H11ClOS. The van der Waals surface area contributed by atoms with E-state index in [0.717, 1.165) is 4.90 Å². The zero-order valence-electron chi connectivity index (χ0n) is 7.04. The van der Waals surface area contributed by atoms with E-state index in [9.17, 15) is 5.11 Å². The zero-order chi connectivity index (χ0) is 9.14. The third-order valence-corrected chi connectivity index (χ3v) is 2.59. The number of hydrogen-bond donors (Lipinski definition) is 1. The molecule has 0 amide bonds. The van der Waals surface area contributed by atoms with E-state index in [2.05, 4.69) is 13.8 Å². The Hall–Kier alpha value is -0.340. The first-order valence-electron chi connectivity index (χ1n) is 3.75. The highest BCUT2D eigenvalue weighted by Gasteiger charge is 2.04. The average Bonchev–Trinajstić information content (AvgIpc) is 1.94. The van der Waals surface area contributed by atoms with Crippen molar-refractivity contribution in [3.8, 4) is 5.75 Å². The van der Waals surface area contributed by atoms with Crippen molar-refractivity contribution in [3.63, 3.8) is 0 Å². The first-order chi connectivity index (χ1) is 5.59. The SMILES string of the molecule is CC(C)Sc1ccc(Cl)cc1O. The van der Waals surface area contributed by atoms with Gasteiger partial charge in [0.25, 0.3) is 0 Å². The van der Waals surface area contributed by atoms with Crippen LogP contribution in [0.2, 0.25) is 5.02 Å². The fourth-order valence-electron chi connectivity index (χ4n) is 0.844. The molecule has 1 nitrogen and oxygen atoms in total. The maximum Gasteiger partial charge on any atom is 0.130 e. The van der Waals surface area contributed by atoms with Gasteiger partial charge < -0.3 is 5.11 Å². The highest BCUT2D eigenvalue weighted by Crippen LogP contribution is 2.32. The van der Waals surface area contributed by atoms with Crippen LogP contribution in [-0.2, 0) is 0 Å². The van der Waals surface area contributed by atoms with Crippen molar-refractivity contribution in [2.45, 2.75) is 24.0 Å². The van der Waals surface area contributed by atoms with Gasteiger partial charge in [0.15, 0.2) is 0 Å². The van der Waals surface area contributed by atoms with Crippen molar-refractivity contribution >= 4 is 23.4 Å². The Bertz CT molecular complexity index is 273. The van der Waals surface area contributed by atoms with Crippen LogP contribution in [0.3, 0.4) is 0 Å². The lowest BCUT2D eigenvalue weighted by molar-refractivity contribution is 0.462. The normalized spacial score (nSPS) is 10.7. The van der Waals surface area contributed by atoms with Crippen molar-refractivity contribution in [2.75, 3.05) is 0 Å². The summed E-state index contributed by atoms with van der Waals surface area (Å²) >= 11 is 7.31. The van der Waals surface area contributed by atoms with E-state index in [1.165, 1.54) is 0 Å². The summed E-state index contributed by atoms with van der Waals surface area (Å²) in [5, 5.41) is 10.5.